The van der Waals surface area contributed by atoms with E-state index in [0.717, 1.165) is 0 Å². The van der Waals surface area contributed by atoms with Crippen molar-refractivity contribution in [2.45, 2.75) is 35.9 Å². The lowest BCUT2D eigenvalue weighted by molar-refractivity contribution is -0.411. The lowest BCUT2D eigenvalue weighted by Gasteiger charge is -2.33. The summed E-state index contributed by atoms with van der Waals surface area (Å²) in [6.07, 6.45) is -12.8. The van der Waals surface area contributed by atoms with E-state index >= 15 is 0 Å². The van der Waals surface area contributed by atoms with Crippen molar-refractivity contribution >= 4 is 0 Å². The van der Waals surface area contributed by atoms with E-state index in [9.17, 15) is 52.7 Å². The Bertz CT molecular complexity index is 382. The van der Waals surface area contributed by atoms with Gasteiger partial charge in [0.25, 0.3) is 0 Å². The van der Waals surface area contributed by atoms with Crippen molar-refractivity contribution < 1.29 is 57.4 Å². The second kappa shape index (κ2) is 3.41. The number of hydrogen-bond donors (Lipinski definition) is 0. The van der Waals surface area contributed by atoms with E-state index in [4.69, 9.17) is 0 Å². The monoisotopic (exact) mass is 316 g/mol. The van der Waals surface area contributed by atoms with E-state index in [0.29, 0.717) is 0 Å². The Labute approximate surface area is 94.7 Å². The van der Waals surface area contributed by atoms with E-state index in [2.05, 4.69) is 4.74 Å². The third kappa shape index (κ3) is 1.69. The Morgan fingerprint density at radius 2 is 0.947 bits per heavy atom. The van der Waals surface area contributed by atoms with Gasteiger partial charge < -0.3 is 0 Å². The van der Waals surface area contributed by atoms with Gasteiger partial charge in [-0.1, -0.05) is 0 Å². The summed E-state index contributed by atoms with van der Waals surface area (Å²) in [6, 6.07) is 0. The van der Waals surface area contributed by atoms with Crippen LogP contribution in [0.25, 0.3) is 0 Å². The van der Waals surface area contributed by atoms with Crippen LogP contribution < -0.4 is 0 Å². The first-order valence-electron chi connectivity index (χ1n) is 3.93. The second-order valence-corrected chi connectivity index (χ2v) is 3.44. The molecular weight excluding hydrogens is 316 g/mol. The molecule has 1 aliphatic rings. The molecule has 1 atom stereocenters. The van der Waals surface area contributed by atoms with Crippen LogP contribution >= 0.6 is 0 Å². The molecule has 0 aromatic rings. The summed E-state index contributed by atoms with van der Waals surface area (Å²) in [5.74, 6) is -28.0. The molecule has 1 rings (SSSR count). The zero-order chi connectivity index (χ0) is 15.7. The average molecular weight is 316 g/mol. The summed E-state index contributed by atoms with van der Waals surface area (Å²) in [5.41, 5.74) is 0. The Balaban J connectivity index is 3.28. The van der Waals surface area contributed by atoms with Gasteiger partial charge in [0.15, 0.2) is 0 Å². The van der Waals surface area contributed by atoms with Crippen LogP contribution in [0.2, 0.25) is 0 Å². The van der Waals surface area contributed by atoms with E-state index in [1.54, 1.807) is 0 Å². The van der Waals surface area contributed by atoms with Crippen LogP contribution in [0.5, 0.6) is 0 Å². The number of epoxide rings is 1. The van der Waals surface area contributed by atoms with Crippen molar-refractivity contribution in [1.82, 2.24) is 0 Å². The summed E-state index contributed by atoms with van der Waals surface area (Å²) < 4.78 is 148. The normalized spacial score (nSPS) is 28.4. The predicted octanol–water partition coefficient (Wildman–Crippen LogP) is 3.74. The lowest BCUT2D eigenvalue weighted by atomic mass is 9.99. The number of alkyl halides is 12. The Morgan fingerprint density at radius 3 is 1.16 bits per heavy atom. The fourth-order valence-corrected chi connectivity index (χ4v) is 0.975. The van der Waals surface area contributed by atoms with Crippen LogP contribution in [-0.4, -0.2) is 35.9 Å². The predicted molar refractivity (Wildman–Crippen MR) is 30.8 cm³/mol. The van der Waals surface area contributed by atoms with Crippen LogP contribution in [0.4, 0.5) is 52.7 Å². The molecule has 19 heavy (non-hydrogen) atoms. The molecule has 1 nitrogen and oxygen atoms in total. The number of hydrogen-bond acceptors (Lipinski definition) is 1. The fraction of sp³-hybridized carbons (Fsp3) is 1.00. The van der Waals surface area contributed by atoms with Crippen LogP contribution in [-0.2, 0) is 4.74 Å². The highest BCUT2D eigenvalue weighted by Crippen LogP contribution is 2.67. The van der Waals surface area contributed by atoms with Gasteiger partial charge in [0.1, 0.15) is 0 Å². The summed E-state index contributed by atoms with van der Waals surface area (Å²) in [5, 5.41) is 0. The molecule has 0 aromatic carbocycles. The van der Waals surface area contributed by atoms with Gasteiger partial charge in [-0.3, -0.25) is 4.74 Å². The maximum Gasteiger partial charge on any atom is 0.460 e. The third-order valence-corrected chi connectivity index (χ3v) is 2.15. The molecule has 1 aliphatic heterocycles. The lowest BCUT2D eigenvalue weighted by Crippen LogP contribution is -2.65. The standard InChI is InChI=1S/C6F12O/c7-1(8,3(11,12)5(14,15)16)2(9,10)4(13)6(17,18)19-4/t4-/m1/s1. The van der Waals surface area contributed by atoms with E-state index in [-0.39, 0.29) is 0 Å². The van der Waals surface area contributed by atoms with Gasteiger partial charge in [-0.15, -0.1) is 0 Å². The number of halogens is 12. The minimum absolute atomic E-state index is 2.22. The van der Waals surface area contributed by atoms with Gasteiger partial charge in [-0.05, 0) is 0 Å². The summed E-state index contributed by atoms with van der Waals surface area (Å²) in [7, 11) is 0. The number of ether oxygens (including phenoxy) is 1. The van der Waals surface area contributed by atoms with Crippen LogP contribution in [0.3, 0.4) is 0 Å². The van der Waals surface area contributed by atoms with Crippen LogP contribution in [0.1, 0.15) is 0 Å². The van der Waals surface area contributed by atoms with E-state index in [1.807, 2.05) is 0 Å². The first kappa shape index (κ1) is 16.2. The molecule has 114 valence electrons. The Kier molecular flexibility index (Phi) is 2.90. The van der Waals surface area contributed by atoms with Gasteiger partial charge in [0.05, 0.1) is 0 Å². The molecular formula is C6F12O. The van der Waals surface area contributed by atoms with Crippen molar-refractivity contribution in [1.29, 1.82) is 0 Å². The molecule has 0 bridgehead atoms. The molecule has 1 saturated heterocycles. The summed E-state index contributed by atoms with van der Waals surface area (Å²) in [6.45, 7) is 0. The summed E-state index contributed by atoms with van der Waals surface area (Å²) in [4.78, 5) is 0. The SMILES string of the molecule is FC(F)(F)C(F)(F)C(F)(F)C(F)(F)[C@@]1(F)OC1(F)F. The van der Waals surface area contributed by atoms with Gasteiger partial charge in [-0.2, -0.15) is 52.7 Å². The first-order valence-corrected chi connectivity index (χ1v) is 3.93. The molecule has 0 saturated carbocycles. The fourth-order valence-electron chi connectivity index (χ4n) is 0.975. The smallest absolute Gasteiger partial charge is 0.265 e. The molecule has 0 aliphatic carbocycles. The molecule has 0 amide bonds. The van der Waals surface area contributed by atoms with Crippen LogP contribution in [0.15, 0.2) is 0 Å². The van der Waals surface area contributed by atoms with Crippen molar-refractivity contribution in [2.75, 3.05) is 0 Å². The molecule has 0 unspecified atom stereocenters. The van der Waals surface area contributed by atoms with Crippen molar-refractivity contribution in [3.8, 4) is 0 Å². The van der Waals surface area contributed by atoms with Crippen LogP contribution in [0, 0.1) is 0 Å². The van der Waals surface area contributed by atoms with Gasteiger partial charge in [0.2, 0.25) is 0 Å². The Morgan fingerprint density at radius 1 is 0.632 bits per heavy atom. The second-order valence-electron chi connectivity index (χ2n) is 3.44. The highest BCUT2D eigenvalue weighted by atomic mass is 19.4. The van der Waals surface area contributed by atoms with Crippen molar-refractivity contribution in [3.05, 3.63) is 0 Å². The van der Waals surface area contributed by atoms with Crippen molar-refractivity contribution in [3.63, 3.8) is 0 Å². The molecule has 1 heterocycles. The maximum absolute atomic E-state index is 12.6. The molecule has 0 radical (unpaired) electrons. The Hall–Kier alpha value is -0.880. The largest absolute Gasteiger partial charge is 0.460 e. The maximum atomic E-state index is 12.6. The van der Waals surface area contributed by atoms with Crippen molar-refractivity contribution in [2.24, 2.45) is 0 Å². The van der Waals surface area contributed by atoms with Gasteiger partial charge in [-0.25, -0.2) is 0 Å². The van der Waals surface area contributed by atoms with E-state index in [1.165, 1.54) is 0 Å². The first-order chi connectivity index (χ1) is 7.96. The minimum atomic E-state index is -7.49. The molecule has 1 fully saturated rings. The molecule has 0 spiro atoms. The molecule has 0 N–H and O–H groups in total. The zero-order valence-electron chi connectivity index (χ0n) is 7.94. The molecule has 13 heteroatoms. The quantitative estimate of drug-likeness (QED) is 0.571. The zero-order valence-corrected chi connectivity index (χ0v) is 7.94. The van der Waals surface area contributed by atoms with Gasteiger partial charge in [0, 0.05) is 0 Å². The topological polar surface area (TPSA) is 12.5 Å². The van der Waals surface area contributed by atoms with E-state index < -0.39 is 35.9 Å². The number of rotatable bonds is 3. The third-order valence-electron chi connectivity index (χ3n) is 2.15. The highest BCUT2D eigenvalue weighted by molar-refractivity contribution is 5.14. The van der Waals surface area contributed by atoms with Gasteiger partial charge >= 0.3 is 35.9 Å². The minimum Gasteiger partial charge on any atom is -0.265 e. The summed E-state index contributed by atoms with van der Waals surface area (Å²) >= 11 is 0. The average Bonchev–Trinajstić information content (AvgIpc) is 2.65. The molecule has 0 aromatic heterocycles. The highest BCUT2D eigenvalue weighted by Gasteiger charge is 2.98.